The van der Waals surface area contributed by atoms with Gasteiger partial charge in [-0.05, 0) is 17.7 Å². The van der Waals surface area contributed by atoms with E-state index < -0.39 is 0 Å². The summed E-state index contributed by atoms with van der Waals surface area (Å²) in [7, 11) is 0. The van der Waals surface area contributed by atoms with Crippen molar-refractivity contribution in [3.05, 3.63) is 54.1 Å². The fourth-order valence-corrected chi connectivity index (χ4v) is 1.91. The van der Waals surface area contributed by atoms with E-state index in [1.807, 2.05) is 6.07 Å². The van der Waals surface area contributed by atoms with Gasteiger partial charge in [0.1, 0.15) is 5.82 Å². The molecule has 2 aromatic rings. The van der Waals surface area contributed by atoms with Gasteiger partial charge in [-0.1, -0.05) is 30.0 Å². The second kappa shape index (κ2) is 4.89. The Hall–Kier alpha value is -1.42. The van der Waals surface area contributed by atoms with Crippen molar-refractivity contribution in [1.82, 2.24) is 9.97 Å². The Bertz CT molecular complexity index is 434. The van der Waals surface area contributed by atoms with Gasteiger partial charge >= 0.3 is 0 Å². The van der Waals surface area contributed by atoms with Gasteiger partial charge in [-0.15, -0.1) is 0 Å². The number of rotatable bonds is 3. The highest BCUT2D eigenvalue weighted by molar-refractivity contribution is 7.98. The van der Waals surface area contributed by atoms with Crippen molar-refractivity contribution < 1.29 is 4.39 Å². The minimum absolute atomic E-state index is 0.180. The third-order valence-electron chi connectivity index (χ3n) is 1.86. The summed E-state index contributed by atoms with van der Waals surface area (Å²) in [5.41, 5.74) is 0.676. The lowest BCUT2D eigenvalue weighted by Gasteiger charge is -2.01. The quantitative estimate of drug-likeness (QED) is 0.587. The van der Waals surface area contributed by atoms with Crippen LogP contribution in [0, 0.1) is 5.82 Å². The maximum absolute atomic E-state index is 13.2. The molecule has 2 nitrogen and oxygen atoms in total. The monoisotopic (exact) mass is 220 g/mol. The van der Waals surface area contributed by atoms with Gasteiger partial charge in [-0.2, -0.15) is 0 Å². The standard InChI is InChI=1S/C11H9FN2S/c12-10-5-2-1-4-9(10)8-15-11-13-6-3-7-14-11/h1-7H,8H2. The predicted octanol–water partition coefficient (Wildman–Crippen LogP) is 2.91. The summed E-state index contributed by atoms with van der Waals surface area (Å²) in [6.45, 7) is 0. The second-order valence-corrected chi connectivity index (χ2v) is 3.85. The Morgan fingerprint density at radius 3 is 2.53 bits per heavy atom. The summed E-state index contributed by atoms with van der Waals surface area (Å²) in [5.74, 6) is 0.373. The Morgan fingerprint density at radius 2 is 1.80 bits per heavy atom. The Morgan fingerprint density at radius 1 is 1.07 bits per heavy atom. The molecule has 0 N–H and O–H groups in total. The van der Waals surface area contributed by atoms with E-state index in [2.05, 4.69) is 9.97 Å². The van der Waals surface area contributed by atoms with Crippen LogP contribution in [0.5, 0.6) is 0 Å². The lowest BCUT2D eigenvalue weighted by molar-refractivity contribution is 0.617. The zero-order valence-corrected chi connectivity index (χ0v) is 8.75. The van der Waals surface area contributed by atoms with Gasteiger partial charge in [0.25, 0.3) is 0 Å². The van der Waals surface area contributed by atoms with Crippen LogP contribution in [-0.2, 0) is 5.75 Å². The van der Waals surface area contributed by atoms with Crippen molar-refractivity contribution in [2.24, 2.45) is 0 Å². The summed E-state index contributed by atoms with van der Waals surface area (Å²) >= 11 is 1.43. The molecule has 2 rings (SSSR count). The first-order chi connectivity index (χ1) is 7.36. The largest absolute Gasteiger partial charge is 0.231 e. The van der Waals surface area contributed by atoms with E-state index >= 15 is 0 Å². The van der Waals surface area contributed by atoms with Crippen LogP contribution < -0.4 is 0 Å². The third-order valence-corrected chi connectivity index (χ3v) is 2.78. The fourth-order valence-electron chi connectivity index (χ4n) is 1.12. The third kappa shape index (κ3) is 2.76. The molecule has 0 atom stereocenters. The number of benzene rings is 1. The molecule has 4 heteroatoms. The highest BCUT2D eigenvalue weighted by atomic mass is 32.2. The molecule has 0 aliphatic heterocycles. The number of nitrogens with zero attached hydrogens (tertiary/aromatic N) is 2. The normalized spacial score (nSPS) is 10.2. The van der Waals surface area contributed by atoms with E-state index in [1.54, 1.807) is 30.6 Å². The van der Waals surface area contributed by atoms with Crippen LogP contribution in [0.15, 0.2) is 47.9 Å². The molecule has 0 fully saturated rings. The Kier molecular flexibility index (Phi) is 3.29. The predicted molar refractivity (Wildman–Crippen MR) is 58.0 cm³/mol. The van der Waals surface area contributed by atoms with Gasteiger partial charge in [0.15, 0.2) is 5.16 Å². The summed E-state index contributed by atoms with van der Waals surface area (Å²) in [6.07, 6.45) is 3.35. The van der Waals surface area contributed by atoms with Crippen LogP contribution in [0.25, 0.3) is 0 Å². The summed E-state index contributed by atoms with van der Waals surface area (Å²) < 4.78 is 13.2. The molecule has 1 aromatic carbocycles. The Labute approximate surface area is 91.6 Å². The van der Waals surface area contributed by atoms with Crippen LogP contribution in [0.4, 0.5) is 4.39 Å². The van der Waals surface area contributed by atoms with Crippen molar-refractivity contribution in [2.75, 3.05) is 0 Å². The maximum atomic E-state index is 13.2. The van der Waals surface area contributed by atoms with Gasteiger partial charge in [0, 0.05) is 18.1 Å². The number of halogens is 1. The lowest BCUT2D eigenvalue weighted by Crippen LogP contribution is -1.88. The van der Waals surface area contributed by atoms with Crippen LogP contribution in [0.1, 0.15) is 5.56 Å². The van der Waals surface area contributed by atoms with E-state index in [4.69, 9.17) is 0 Å². The van der Waals surface area contributed by atoms with E-state index in [0.717, 1.165) is 0 Å². The Balaban J connectivity index is 2.03. The number of aromatic nitrogens is 2. The van der Waals surface area contributed by atoms with Gasteiger partial charge in [0.05, 0.1) is 0 Å². The molecule has 1 aromatic heterocycles. The highest BCUT2D eigenvalue weighted by Crippen LogP contribution is 2.19. The molecule has 0 radical (unpaired) electrons. The molecule has 0 aliphatic rings. The van der Waals surface area contributed by atoms with Crippen molar-refractivity contribution in [3.63, 3.8) is 0 Å². The molecule has 0 unspecified atom stereocenters. The first-order valence-electron chi connectivity index (χ1n) is 4.49. The first-order valence-corrected chi connectivity index (χ1v) is 5.48. The van der Waals surface area contributed by atoms with Gasteiger partial charge in [0.2, 0.25) is 0 Å². The molecule has 0 spiro atoms. The molecule has 0 amide bonds. The number of thioether (sulfide) groups is 1. The van der Waals surface area contributed by atoms with E-state index in [0.29, 0.717) is 16.5 Å². The van der Waals surface area contributed by atoms with Crippen LogP contribution in [0.3, 0.4) is 0 Å². The molecule has 15 heavy (non-hydrogen) atoms. The van der Waals surface area contributed by atoms with Gasteiger partial charge in [-0.25, -0.2) is 14.4 Å². The highest BCUT2D eigenvalue weighted by Gasteiger charge is 2.02. The topological polar surface area (TPSA) is 25.8 Å². The van der Waals surface area contributed by atoms with Crippen molar-refractivity contribution in [1.29, 1.82) is 0 Å². The number of hydrogen-bond acceptors (Lipinski definition) is 3. The van der Waals surface area contributed by atoms with E-state index in [-0.39, 0.29) is 5.82 Å². The van der Waals surface area contributed by atoms with Crippen LogP contribution in [-0.4, -0.2) is 9.97 Å². The van der Waals surface area contributed by atoms with E-state index in [1.165, 1.54) is 17.8 Å². The first kappa shape index (κ1) is 10.1. The van der Waals surface area contributed by atoms with Crippen LogP contribution in [0.2, 0.25) is 0 Å². The molecule has 76 valence electrons. The van der Waals surface area contributed by atoms with Crippen molar-refractivity contribution in [2.45, 2.75) is 10.9 Å². The van der Waals surface area contributed by atoms with Crippen molar-refractivity contribution >= 4 is 11.8 Å². The summed E-state index contributed by atoms with van der Waals surface area (Å²) in [5, 5.41) is 0.667. The molecular formula is C11H9FN2S. The minimum atomic E-state index is -0.180. The molecular weight excluding hydrogens is 211 g/mol. The fraction of sp³-hybridized carbons (Fsp3) is 0.0909. The molecule has 0 saturated carbocycles. The number of hydrogen-bond donors (Lipinski definition) is 0. The molecule has 1 heterocycles. The maximum Gasteiger partial charge on any atom is 0.187 e. The van der Waals surface area contributed by atoms with Crippen LogP contribution >= 0.6 is 11.8 Å². The average molecular weight is 220 g/mol. The average Bonchev–Trinajstić information content (AvgIpc) is 2.29. The molecule has 0 saturated heterocycles. The van der Waals surface area contributed by atoms with E-state index in [9.17, 15) is 4.39 Å². The zero-order chi connectivity index (χ0) is 10.5. The van der Waals surface area contributed by atoms with Gasteiger partial charge in [-0.3, -0.25) is 0 Å². The molecule has 0 bridgehead atoms. The lowest BCUT2D eigenvalue weighted by atomic mass is 10.2. The second-order valence-electron chi connectivity index (χ2n) is 2.91. The minimum Gasteiger partial charge on any atom is -0.231 e. The summed E-state index contributed by atoms with van der Waals surface area (Å²) in [4.78, 5) is 8.11. The zero-order valence-electron chi connectivity index (χ0n) is 7.93. The van der Waals surface area contributed by atoms with Crippen molar-refractivity contribution in [3.8, 4) is 0 Å². The SMILES string of the molecule is Fc1ccccc1CSc1ncccn1. The summed E-state index contributed by atoms with van der Waals surface area (Å²) in [6, 6.07) is 8.49. The van der Waals surface area contributed by atoms with Gasteiger partial charge < -0.3 is 0 Å². The molecule has 0 aliphatic carbocycles. The smallest absolute Gasteiger partial charge is 0.187 e.